The van der Waals surface area contributed by atoms with Crippen molar-refractivity contribution in [2.45, 2.75) is 9.79 Å². The first-order valence-corrected chi connectivity index (χ1v) is 8.28. The number of para-hydroxylation sites is 1. The molecule has 0 fully saturated rings. The van der Waals surface area contributed by atoms with Crippen molar-refractivity contribution in [3.63, 3.8) is 0 Å². The molecule has 9 heteroatoms. The van der Waals surface area contributed by atoms with Crippen LogP contribution in [-0.4, -0.2) is 31.0 Å². The predicted octanol–water partition coefficient (Wildman–Crippen LogP) is 1.57. The molecule has 0 aromatic heterocycles. The Labute approximate surface area is 122 Å². The molecule has 0 bridgehead atoms. The zero-order chi connectivity index (χ0) is 16.1. The first-order chi connectivity index (χ1) is 9.62. The van der Waals surface area contributed by atoms with E-state index in [1.165, 1.54) is 30.3 Å². The van der Waals surface area contributed by atoms with Crippen molar-refractivity contribution in [1.82, 2.24) is 0 Å². The maximum Gasteiger partial charge on any atom is 0.298 e. The molecule has 2 aromatic carbocycles. The Hall–Kier alpha value is -1.94. The summed E-state index contributed by atoms with van der Waals surface area (Å²) in [6.07, 6.45) is 0. The van der Waals surface area contributed by atoms with Crippen molar-refractivity contribution < 1.29 is 31.0 Å². The molecule has 2 rings (SSSR count). The zero-order valence-corrected chi connectivity index (χ0v) is 12.1. The van der Waals surface area contributed by atoms with Crippen LogP contribution in [0.2, 0.25) is 0 Å². The third-order valence-electron chi connectivity index (χ3n) is 2.18. The molecule has 0 radical (unpaired) electrons. The maximum atomic E-state index is 10.4. The van der Waals surface area contributed by atoms with E-state index in [4.69, 9.17) is 14.2 Å². The summed E-state index contributed by atoms with van der Waals surface area (Å²) < 4.78 is 58.6. The van der Waals surface area contributed by atoms with Gasteiger partial charge in [-0.1, -0.05) is 30.3 Å². The summed E-state index contributed by atoms with van der Waals surface area (Å²) in [5.41, 5.74) is 0. The second-order valence-corrected chi connectivity index (χ2v) is 6.54. The molecule has 114 valence electrons. The highest BCUT2D eigenvalue weighted by molar-refractivity contribution is 7.86. The van der Waals surface area contributed by atoms with E-state index in [1.54, 1.807) is 18.2 Å². The van der Waals surface area contributed by atoms with Crippen molar-refractivity contribution in [2.24, 2.45) is 0 Å². The lowest BCUT2D eigenvalue weighted by Gasteiger charge is -1.97. The van der Waals surface area contributed by atoms with Gasteiger partial charge in [-0.15, -0.1) is 0 Å². The molecule has 0 saturated heterocycles. The van der Waals surface area contributed by atoms with Gasteiger partial charge in [-0.2, -0.15) is 16.8 Å². The van der Waals surface area contributed by atoms with Crippen LogP contribution in [-0.2, 0) is 20.2 Å². The predicted molar refractivity (Wildman–Crippen MR) is 74.2 cm³/mol. The molecule has 0 saturated carbocycles. The number of phenolic OH excluding ortho intramolecular Hbond substituents is 1. The summed E-state index contributed by atoms with van der Waals surface area (Å²) in [5.74, 6) is -0.449. The highest BCUT2D eigenvalue weighted by Gasteiger charge is 2.12. The van der Waals surface area contributed by atoms with Crippen LogP contribution in [0.25, 0.3) is 0 Å². The van der Waals surface area contributed by atoms with Gasteiger partial charge in [0, 0.05) is 0 Å². The number of benzene rings is 2. The van der Waals surface area contributed by atoms with Crippen LogP contribution < -0.4 is 0 Å². The number of phenols is 1. The van der Waals surface area contributed by atoms with E-state index in [2.05, 4.69) is 0 Å². The maximum absolute atomic E-state index is 10.4. The standard InChI is InChI=1S/C6H6O4S.C6H6O3S/c7-5-3-1-2-4-6(5)11(8,9)10;7-10(8,9)6-4-2-1-3-5-6/h1-4,7H,(H,8,9,10);1-5H,(H,7,8,9). The van der Waals surface area contributed by atoms with Crippen molar-refractivity contribution in [1.29, 1.82) is 0 Å². The fourth-order valence-electron chi connectivity index (χ4n) is 1.27. The van der Waals surface area contributed by atoms with Crippen molar-refractivity contribution >= 4 is 20.2 Å². The van der Waals surface area contributed by atoms with Crippen LogP contribution in [0.15, 0.2) is 64.4 Å². The van der Waals surface area contributed by atoms with E-state index < -0.39 is 30.9 Å². The van der Waals surface area contributed by atoms with Crippen LogP contribution in [0.5, 0.6) is 5.75 Å². The Balaban J connectivity index is 0.000000211. The van der Waals surface area contributed by atoms with E-state index in [1.807, 2.05) is 0 Å². The summed E-state index contributed by atoms with van der Waals surface area (Å²) in [5, 5.41) is 8.91. The summed E-state index contributed by atoms with van der Waals surface area (Å²) in [4.78, 5) is -0.546. The van der Waals surface area contributed by atoms with Crippen LogP contribution >= 0.6 is 0 Å². The van der Waals surface area contributed by atoms with Crippen LogP contribution in [0.1, 0.15) is 0 Å². The minimum Gasteiger partial charge on any atom is -0.506 e. The van der Waals surface area contributed by atoms with Gasteiger partial charge in [0.1, 0.15) is 10.6 Å². The summed E-state index contributed by atoms with van der Waals surface area (Å²) in [6, 6.07) is 12.6. The molecule has 0 amide bonds. The lowest BCUT2D eigenvalue weighted by Crippen LogP contribution is -1.97. The first kappa shape index (κ1) is 17.1. The molecular formula is C12H12O7S2. The van der Waals surface area contributed by atoms with Gasteiger partial charge in [0.25, 0.3) is 20.2 Å². The van der Waals surface area contributed by atoms with Gasteiger partial charge in [0.2, 0.25) is 0 Å². The van der Waals surface area contributed by atoms with Gasteiger partial charge in [0.15, 0.2) is 0 Å². The lowest BCUT2D eigenvalue weighted by molar-refractivity contribution is 0.443. The minimum atomic E-state index is -4.28. The average Bonchev–Trinajstić information content (AvgIpc) is 2.39. The molecular weight excluding hydrogens is 320 g/mol. The molecule has 0 unspecified atom stereocenters. The highest BCUT2D eigenvalue weighted by atomic mass is 32.2. The third kappa shape index (κ3) is 5.52. The normalized spacial score (nSPS) is 11.3. The van der Waals surface area contributed by atoms with E-state index >= 15 is 0 Å². The monoisotopic (exact) mass is 332 g/mol. The number of aromatic hydroxyl groups is 1. The topological polar surface area (TPSA) is 129 Å². The van der Waals surface area contributed by atoms with E-state index in [9.17, 15) is 16.8 Å². The molecule has 3 N–H and O–H groups in total. The average molecular weight is 332 g/mol. The molecule has 0 atom stereocenters. The largest absolute Gasteiger partial charge is 0.506 e. The molecule has 2 aromatic rings. The highest BCUT2D eigenvalue weighted by Crippen LogP contribution is 2.20. The molecule has 0 aliphatic carbocycles. The van der Waals surface area contributed by atoms with Gasteiger partial charge in [0.05, 0.1) is 4.90 Å². The summed E-state index contributed by atoms with van der Waals surface area (Å²) in [7, 11) is -8.29. The Morgan fingerprint density at radius 1 is 0.667 bits per heavy atom. The summed E-state index contributed by atoms with van der Waals surface area (Å²) >= 11 is 0. The Morgan fingerprint density at radius 2 is 1.14 bits per heavy atom. The number of rotatable bonds is 2. The Morgan fingerprint density at radius 3 is 1.48 bits per heavy atom. The van der Waals surface area contributed by atoms with E-state index in [0.29, 0.717) is 0 Å². The summed E-state index contributed by atoms with van der Waals surface area (Å²) in [6.45, 7) is 0. The fourth-order valence-corrected chi connectivity index (χ4v) is 2.35. The van der Waals surface area contributed by atoms with Gasteiger partial charge >= 0.3 is 0 Å². The van der Waals surface area contributed by atoms with E-state index in [-0.39, 0.29) is 4.90 Å². The van der Waals surface area contributed by atoms with Crippen LogP contribution in [0.4, 0.5) is 0 Å². The molecule has 0 aliphatic rings. The Bertz CT molecular complexity index is 797. The minimum absolute atomic E-state index is 0.0741. The smallest absolute Gasteiger partial charge is 0.298 e. The van der Waals surface area contributed by atoms with Gasteiger partial charge < -0.3 is 5.11 Å². The van der Waals surface area contributed by atoms with Crippen LogP contribution in [0.3, 0.4) is 0 Å². The number of hydrogen-bond acceptors (Lipinski definition) is 5. The second kappa shape index (κ2) is 6.68. The first-order valence-electron chi connectivity index (χ1n) is 5.40. The molecule has 0 heterocycles. The molecule has 0 spiro atoms. The molecule has 21 heavy (non-hydrogen) atoms. The molecule has 7 nitrogen and oxygen atoms in total. The van der Waals surface area contributed by atoms with Crippen molar-refractivity contribution in [3.8, 4) is 5.75 Å². The molecule has 0 aliphatic heterocycles. The Kier molecular flexibility index (Phi) is 5.44. The van der Waals surface area contributed by atoms with Crippen LogP contribution in [0, 0.1) is 0 Å². The van der Waals surface area contributed by atoms with Gasteiger partial charge in [-0.25, -0.2) is 0 Å². The van der Waals surface area contributed by atoms with Gasteiger partial charge in [-0.05, 0) is 24.3 Å². The fraction of sp³-hybridized carbons (Fsp3) is 0. The quantitative estimate of drug-likeness (QED) is 0.712. The third-order valence-corrected chi connectivity index (χ3v) is 3.95. The second-order valence-electron chi connectivity index (χ2n) is 3.73. The van der Waals surface area contributed by atoms with E-state index in [0.717, 1.165) is 6.07 Å². The van der Waals surface area contributed by atoms with Crippen molar-refractivity contribution in [3.05, 3.63) is 54.6 Å². The van der Waals surface area contributed by atoms with Gasteiger partial charge in [-0.3, -0.25) is 9.11 Å². The van der Waals surface area contributed by atoms with Crippen molar-refractivity contribution in [2.75, 3.05) is 0 Å². The lowest BCUT2D eigenvalue weighted by atomic mass is 10.3. The SMILES string of the molecule is O=S(=O)(O)c1ccccc1.O=S(=O)(O)c1ccccc1O. The zero-order valence-electron chi connectivity index (χ0n) is 10.5. The number of hydrogen-bond donors (Lipinski definition) is 3.